The molecule has 17 heavy (non-hydrogen) atoms. The van der Waals surface area contributed by atoms with Crippen molar-refractivity contribution in [2.75, 3.05) is 19.8 Å². The average molecular weight is 234 g/mol. The summed E-state index contributed by atoms with van der Waals surface area (Å²) in [6, 6.07) is 1.82. The van der Waals surface area contributed by atoms with E-state index in [0.717, 1.165) is 0 Å². The van der Waals surface area contributed by atoms with E-state index in [9.17, 15) is 4.79 Å². The van der Waals surface area contributed by atoms with Gasteiger partial charge in [0.25, 0.3) is 0 Å². The van der Waals surface area contributed by atoms with Crippen molar-refractivity contribution in [3.05, 3.63) is 0 Å². The predicted octanol–water partition coefficient (Wildman–Crippen LogP) is 1.17. The van der Waals surface area contributed by atoms with Crippen molar-refractivity contribution in [2.45, 2.75) is 31.7 Å². The highest BCUT2D eigenvalue weighted by molar-refractivity contribution is 5.83. The van der Waals surface area contributed by atoms with E-state index in [1.54, 1.807) is 4.90 Å². The quantitative estimate of drug-likeness (QED) is 0.684. The molecule has 3 rings (SSSR count). The Bertz CT molecular complexity index is 351. The molecule has 0 aromatic carbocycles. The summed E-state index contributed by atoms with van der Waals surface area (Å²) in [7, 11) is 0. The number of amides is 1. The van der Waals surface area contributed by atoms with Crippen LogP contribution in [-0.2, 0) is 9.53 Å². The van der Waals surface area contributed by atoms with E-state index >= 15 is 0 Å². The smallest absolute Gasteiger partial charge is 0.227 e. The third kappa shape index (κ3) is 1.83. The van der Waals surface area contributed by atoms with Crippen molar-refractivity contribution in [3.63, 3.8) is 0 Å². The van der Waals surface area contributed by atoms with E-state index in [1.807, 2.05) is 0 Å². The first-order valence-corrected chi connectivity index (χ1v) is 6.61. The first kappa shape index (κ1) is 11.0. The van der Waals surface area contributed by atoms with Crippen LogP contribution in [-0.4, -0.2) is 36.6 Å². The van der Waals surface area contributed by atoms with Gasteiger partial charge in [0.2, 0.25) is 5.91 Å². The Labute approximate surface area is 102 Å². The highest BCUT2D eigenvalue weighted by atomic mass is 16.5. The molecule has 1 aliphatic heterocycles. The molecular formula is C13H18N2O2. The maximum atomic E-state index is 12.4. The molecule has 1 amide bonds. The van der Waals surface area contributed by atoms with E-state index < -0.39 is 0 Å². The molecule has 0 aromatic rings. The van der Waals surface area contributed by atoms with Crippen LogP contribution in [0, 0.1) is 29.1 Å². The van der Waals surface area contributed by atoms with Crippen LogP contribution in [0.2, 0.25) is 0 Å². The van der Waals surface area contributed by atoms with Crippen LogP contribution in [0.25, 0.3) is 0 Å². The minimum atomic E-state index is -0.362. The lowest BCUT2D eigenvalue weighted by Gasteiger charge is -2.31. The van der Waals surface area contributed by atoms with Gasteiger partial charge < -0.3 is 9.64 Å². The van der Waals surface area contributed by atoms with Crippen LogP contribution in [0.4, 0.5) is 0 Å². The van der Waals surface area contributed by atoms with Crippen LogP contribution in [0.5, 0.6) is 0 Å². The number of nitriles is 1. The topological polar surface area (TPSA) is 53.3 Å². The molecule has 2 saturated carbocycles. The molecular weight excluding hydrogens is 216 g/mol. The molecule has 3 aliphatic rings. The number of ether oxygens (including phenoxy) is 1. The lowest BCUT2D eigenvalue weighted by molar-refractivity contribution is -0.139. The normalized spacial score (nSPS) is 40.3. The fourth-order valence-electron chi connectivity index (χ4n) is 3.52. The summed E-state index contributed by atoms with van der Waals surface area (Å²) in [6.45, 7) is 1.54. The summed E-state index contributed by atoms with van der Waals surface area (Å²) in [4.78, 5) is 14.2. The Hall–Kier alpha value is -1.08. The molecule has 0 aromatic heterocycles. The molecule has 1 heterocycles. The van der Waals surface area contributed by atoms with Gasteiger partial charge in [-0.05, 0) is 24.7 Å². The first-order chi connectivity index (χ1) is 8.33. The van der Waals surface area contributed by atoms with Gasteiger partial charge in [0.05, 0.1) is 19.3 Å². The summed E-state index contributed by atoms with van der Waals surface area (Å²) in [5, 5.41) is 9.05. The van der Waals surface area contributed by atoms with E-state index in [2.05, 4.69) is 6.07 Å². The summed E-state index contributed by atoms with van der Waals surface area (Å²) in [5.41, 5.74) is 0. The third-order valence-corrected chi connectivity index (χ3v) is 4.50. The lowest BCUT2D eigenvalue weighted by Crippen LogP contribution is -2.48. The van der Waals surface area contributed by atoms with Gasteiger partial charge in [-0.15, -0.1) is 0 Å². The zero-order valence-electron chi connectivity index (χ0n) is 9.97. The van der Waals surface area contributed by atoms with Gasteiger partial charge in [0.15, 0.2) is 0 Å². The van der Waals surface area contributed by atoms with Crippen LogP contribution >= 0.6 is 0 Å². The minimum Gasteiger partial charge on any atom is -0.376 e. The van der Waals surface area contributed by atoms with Crippen LogP contribution in [0.1, 0.15) is 25.7 Å². The summed E-state index contributed by atoms with van der Waals surface area (Å²) >= 11 is 0. The Balaban J connectivity index is 1.68. The number of morpholine rings is 1. The summed E-state index contributed by atoms with van der Waals surface area (Å²) < 4.78 is 5.26. The molecule has 1 saturated heterocycles. The summed E-state index contributed by atoms with van der Waals surface area (Å²) in [5.74, 6) is 1.69. The van der Waals surface area contributed by atoms with E-state index in [4.69, 9.17) is 10.00 Å². The molecule has 4 nitrogen and oxygen atoms in total. The van der Waals surface area contributed by atoms with Crippen molar-refractivity contribution in [1.82, 2.24) is 4.90 Å². The number of carbonyl (C=O) groups excluding carboxylic acids is 1. The molecule has 0 N–H and O–H groups in total. The Morgan fingerprint density at radius 2 is 2.00 bits per heavy atom. The fourth-order valence-corrected chi connectivity index (χ4v) is 3.52. The second-order valence-electron chi connectivity index (χ2n) is 5.39. The number of hydrogen-bond donors (Lipinski definition) is 0. The second kappa shape index (κ2) is 4.30. The van der Waals surface area contributed by atoms with Gasteiger partial charge in [0.1, 0.15) is 6.04 Å². The molecule has 92 valence electrons. The largest absolute Gasteiger partial charge is 0.376 e. The minimum absolute atomic E-state index is 0.219. The molecule has 2 aliphatic carbocycles. The number of fused-ring (bicyclic) bond motifs is 1. The number of carbonyl (C=O) groups is 1. The van der Waals surface area contributed by atoms with E-state index in [1.165, 1.54) is 25.7 Å². The Morgan fingerprint density at radius 3 is 2.65 bits per heavy atom. The van der Waals surface area contributed by atoms with Crippen molar-refractivity contribution in [2.24, 2.45) is 17.8 Å². The Morgan fingerprint density at radius 1 is 1.29 bits per heavy atom. The molecule has 0 spiro atoms. The van der Waals surface area contributed by atoms with Crippen molar-refractivity contribution < 1.29 is 9.53 Å². The van der Waals surface area contributed by atoms with Crippen molar-refractivity contribution in [3.8, 4) is 6.07 Å². The van der Waals surface area contributed by atoms with Gasteiger partial charge in [-0.3, -0.25) is 4.79 Å². The highest BCUT2D eigenvalue weighted by Gasteiger charge is 2.56. The zero-order chi connectivity index (χ0) is 11.8. The zero-order valence-corrected chi connectivity index (χ0v) is 9.97. The van der Waals surface area contributed by atoms with E-state index in [-0.39, 0.29) is 17.9 Å². The molecule has 0 bridgehead atoms. The standard InChI is InChI=1S/C13H18N2O2/c14-7-9-8-17-6-5-15(9)13(16)12-10-3-1-2-4-11(10)12/h9-12H,1-6,8H2. The van der Waals surface area contributed by atoms with Crippen molar-refractivity contribution >= 4 is 5.91 Å². The molecule has 0 radical (unpaired) electrons. The second-order valence-corrected chi connectivity index (χ2v) is 5.39. The van der Waals surface area contributed by atoms with Crippen molar-refractivity contribution in [1.29, 1.82) is 5.26 Å². The van der Waals surface area contributed by atoms with Crippen LogP contribution in [0.3, 0.4) is 0 Å². The van der Waals surface area contributed by atoms with E-state index in [0.29, 0.717) is 31.6 Å². The lowest BCUT2D eigenvalue weighted by atomic mass is 10.0. The average Bonchev–Trinajstić information content (AvgIpc) is 3.12. The predicted molar refractivity (Wildman–Crippen MR) is 60.9 cm³/mol. The maximum absolute atomic E-state index is 12.4. The van der Waals surface area contributed by atoms with Gasteiger partial charge in [-0.2, -0.15) is 5.26 Å². The first-order valence-electron chi connectivity index (χ1n) is 6.61. The van der Waals surface area contributed by atoms with Crippen LogP contribution < -0.4 is 0 Å². The van der Waals surface area contributed by atoms with Gasteiger partial charge >= 0.3 is 0 Å². The molecule has 3 fully saturated rings. The maximum Gasteiger partial charge on any atom is 0.227 e. The van der Waals surface area contributed by atoms with Crippen LogP contribution in [0.15, 0.2) is 0 Å². The monoisotopic (exact) mass is 234 g/mol. The molecule has 4 heteroatoms. The SMILES string of the molecule is N#CC1COCCN1C(=O)C1C2CCCCC21. The number of nitrogens with zero attached hydrogens (tertiary/aromatic N) is 2. The fraction of sp³-hybridized carbons (Fsp3) is 0.846. The van der Waals surface area contributed by atoms with Gasteiger partial charge in [-0.25, -0.2) is 0 Å². The molecule has 3 atom stereocenters. The summed E-state index contributed by atoms with van der Waals surface area (Å²) in [6.07, 6.45) is 4.97. The molecule has 3 unspecified atom stereocenters. The van der Waals surface area contributed by atoms with Gasteiger partial charge in [0, 0.05) is 12.5 Å². The van der Waals surface area contributed by atoms with Gasteiger partial charge in [-0.1, -0.05) is 12.8 Å². The number of rotatable bonds is 1. The number of hydrogen-bond acceptors (Lipinski definition) is 3. The Kier molecular flexibility index (Phi) is 2.79. The third-order valence-electron chi connectivity index (χ3n) is 4.50. The highest BCUT2D eigenvalue weighted by Crippen LogP contribution is 2.56.